The van der Waals surface area contributed by atoms with Gasteiger partial charge in [0.15, 0.2) is 0 Å². The first kappa shape index (κ1) is 10.2. The van der Waals surface area contributed by atoms with E-state index in [4.69, 9.17) is 5.73 Å². The van der Waals surface area contributed by atoms with Crippen LogP contribution in [0.4, 0.5) is 15.8 Å². The lowest BCUT2D eigenvalue weighted by Gasteiger charge is -2.12. The molecule has 0 bridgehead atoms. The third-order valence-corrected chi connectivity index (χ3v) is 2.66. The van der Waals surface area contributed by atoms with Crippen molar-refractivity contribution in [2.75, 3.05) is 17.6 Å². The second kappa shape index (κ2) is 4.06. The summed E-state index contributed by atoms with van der Waals surface area (Å²) in [5.41, 5.74) is 6.22. The molecule has 1 atom stereocenters. The molecular formula is C11H15FN2O. The first-order chi connectivity index (χ1) is 7.16. The van der Waals surface area contributed by atoms with E-state index in [-0.39, 0.29) is 11.9 Å². The molecule has 15 heavy (non-hydrogen) atoms. The molecular weight excluding hydrogens is 195 g/mol. The van der Waals surface area contributed by atoms with Crippen LogP contribution in [0.25, 0.3) is 0 Å². The summed E-state index contributed by atoms with van der Waals surface area (Å²) in [6, 6.07) is 4.49. The lowest BCUT2D eigenvalue weighted by molar-refractivity contribution is 0.164. The maximum atomic E-state index is 13.3. The first-order valence-electron chi connectivity index (χ1n) is 5.14. The number of rotatable bonds is 4. The molecule has 1 aromatic carbocycles. The van der Waals surface area contributed by atoms with Gasteiger partial charge in [0.1, 0.15) is 5.82 Å². The van der Waals surface area contributed by atoms with Crippen LogP contribution in [0.5, 0.6) is 0 Å². The zero-order valence-electron chi connectivity index (χ0n) is 8.41. The second-order valence-corrected chi connectivity index (χ2v) is 4.02. The molecule has 0 saturated heterocycles. The van der Waals surface area contributed by atoms with Gasteiger partial charge in [-0.3, -0.25) is 0 Å². The fourth-order valence-corrected chi connectivity index (χ4v) is 1.54. The van der Waals surface area contributed by atoms with Gasteiger partial charge in [0.05, 0.1) is 11.8 Å². The number of hydrogen-bond acceptors (Lipinski definition) is 3. The highest BCUT2D eigenvalue weighted by Gasteiger charge is 2.29. The van der Waals surface area contributed by atoms with Crippen LogP contribution in [0.15, 0.2) is 18.2 Å². The molecule has 0 aliphatic heterocycles. The fourth-order valence-electron chi connectivity index (χ4n) is 1.54. The minimum absolute atomic E-state index is 0.373. The van der Waals surface area contributed by atoms with E-state index >= 15 is 0 Å². The van der Waals surface area contributed by atoms with Crippen molar-refractivity contribution in [3.63, 3.8) is 0 Å². The number of hydrogen-bond donors (Lipinski definition) is 3. The maximum absolute atomic E-state index is 13.3. The Hall–Kier alpha value is -1.29. The minimum Gasteiger partial charge on any atom is -0.399 e. The van der Waals surface area contributed by atoms with E-state index in [2.05, 4.69) is 5.32 Å². The number of nitrogen functional groups attached to an aromatic ring is 1. The summed E-state index contributed by atoms with van der Waals surface area (Å²) in [5.74, 6) is 0.0207. The van der Waals surface area contributed by atoms with Crippen molar-refractivity contribution >= 4 is 11.4 Å². The number of aliphatic hydroxyl groups excluding tert-OH is 1. The summed E-state index contributed by atoms with van der Waals surface area (Å²) in [7, 11) is 0. The predicted molar refractivity (Wildman–Crippen MR) is 58.0 cm³/mol. The normalized spacial score (nSPS) is 17.5. The Morgan fingerprint density at radius 3 is 2.87 bits per heavy atom. The summed E-state index contributed by atoms with van der Waals surface area (Å²) in [6.45, 7) is 0.394. The third-order valence-electron chi connectivity index (χ3n) is 2.66. The lowest BCUT2D eigenvalue weighted by Crippen LogP contribution is -2.21. The Morgan fingerprint density at radius 1 is 1.53 bits per heavy atom. The van der Waals surface area contributed by atoms with Crippen LogP contribution in [-0.4, -0.2) is 17.8 Å². The topological polar surface area (TPSA) is 58.3 Å². The SMILES string of the molecule is Nc1ccc(NCC(O)C2CC2)c(F)c1. The Kier molecular flexibility index (Phi) is 2.77. The van der Waals surface area contributed by atoms with Crippen LogP contribution < -0.4 is 11.1 Å². The van der Waals surface area contributed by atoms with E-state index in [0.717, 1.165) is 12.8 Å². The van der Waals surface area contributed by atoms with Gasteiger partial charge in [0.25, 0.3) is 0 Å². The van der Waals surface area contributed by atoms with E-state index in [1.807, 2.05) is 0 Å². The summed E-state index contributed by atoms with van der Waals surface area (Å²) >= 11 is 0. The molecule has 3 nitrogen and oxygen atoms in total. The van der Waals surface area contributed by atoms with Gasteiger partial charge in [-0.15, -0.1) is 0 Å². The predicted octanol–water partition coefficient (Wildman–Crippen LogP) is 1.59. The number of nitrogens with two attached hydrogens (primary N) is 1. The van der Waals surface area contributed by atoms with Crippen molar-refractivity contribution in [2.24, 2.45) is 5.92 Å². The average Bonchev–Trinajstić information content (AvgIpc) is 2.99. The number of aliphatic hydroxyl groups is 1. The van der Waals surface area contributed by atoms with Gasteiger partial charge in [-0.2, -0.15) is 0 Å². The average molecular weight is 210 g/mol. The molecule has 2 rings (SSSR count). The lowest BCUT2D eigenvalue weighted by atomic mass is 10.2. The molecule has 4 N–H and O–H groups in total. The van der Waals surface area contributed by atoms with Crippen LogP contribution >= 0.6 is 0 Å². The Labute approximate surface area is 88.1 Å². The molecule has 0 aromatic heterocycles. The quantitative estimate of drug-likeness (QED) is 0.661. The summed E-state index contributed by atoms with van der Waals surface area (Å²) < 4.78 is 13.3. The van der Waals surface area contributed by atoms with Crippen molar-refractivity contribution in [2.45, 2.75) is 18.9 Å². The summed E-state index contributed by atoms with van der Waals surface area (Å²) in [6.07, 6.45) is 1.78. The van der Waals surface area contributed by atoms with E-state index < -0.39 is 0 Å². The minimum atomic E-state index is -0.377. The zero-order valence-corrected chi connectivity index (χ0v) is 8.41. The molecule has 0 spiro atoms. The van der Waals surface area contributed by atoms with E-state index in [1.165, 1.54) is 6.07 Å². The first-order valence-corrected chi connectivity index (χ1v) is 5.14. The number of halogens is 1. The van der Waals surface area contributed by atoms with Crippen LogP contribution in [0.2, 0.25) is 0 Å². The van der Waals surface area contributed by atoms with Crippen molar-refractivity contribution in [3.8, 4) is 0 Å². The van der Waals surface area contributed by atoms with Gasteiger partial charge in [-0.25, -0.2) is 4.39 Å². The number of anilines is 2. The molecule has 1 aliphatic carbocycles. The highest BCUT2D eigenvalue weighted by atomic mass is 19.1. The van der Waals surface area contributed by atoms with Crippen molar-refractivity contribution in [1.29, 1.82) is 0 Å². The molecule has 0 radical (unpaired) electrons. The van der Waals surface area contributed by atoms with E-state index in [1.54, 1.807) is 12.1 Å². The molecule has 1 aliphatic rings. The van der Waals surface area contributed by atoms with Gasteiger partial charge in [0, 0.05) is 12.2 Å². The van der Waals surface area contributed by atoms with Gasteiger partial charge in [0.2, 0.25) is 0 Å². The number of benzene rings is 1. The highest BCUT2D eigenvalue weighted by Crippen LogP contribution is 2.32. The van der Waals surface area contributed by atoms with Gasteiger partial charge >= 0.3 is 0 Å². The Balaban J connectivity index is 1.92. The van der Waals surface area contributed by atoms with Crippen molar-refractivity contribution in [1.82, 2.24) is 0 Å². The van der Waals surface area contributed by atoms with Gasteiger partial charge < -0.3 is 16.2 Å². The Bertz CT molecular complexity index is 352. The standard InChI is InChI=1S/C11H15FN2O/c12-9-5-8(13)3-4-10(9)14-6-11(15)7-1-2-7/h3-5,7,11,14-15H,1-2,6,13H2. The Morgan fingerprint density at radius 2 is 2.27 bits per heavy atom. The summed E-state index contributed by atoms with van der Waals surface area (Å²) in [5, 5.41) is 12.5. The van der Waals surface area contributed by atoms with Gasteiger partial charge in [-0.1, -0.05) is 0 Å². The monoisotopic (exact) mass is 210 g/mol. The molecule has 4 heteroatoms. The molecule has 82 valence electrons. The summed E-state index contributed by atoms with van der Waals surface area (Å²) in [4.78, 5) is 0. The third kappa shape index (κ3) is 2.59. The zero-order chi connectivity index (χ0) is 10.8. The highest BCUT2D eigenvalue weighted by molar-refractivity contribution is 5.52. The fraction of sp³-hybridized carbons (Fsp3) is 0.455. The van der Waals surface area contributed by atoms with Crippen molar-refractivity contribution < 1.29 is 9.50 Å². The van der Waals surface area contributed by atoms with E-state index in [0.29, 0.717) is 23.8 Å². The van der Waals surface area contributed by atoms with Crippen molar-refractivity contribution in [3.05, 3.63) is 24.0 Å². The number of nitrogens with one attached hydrogen (secondary N) is 1. The van der Waals surface area contributed by atoms with Crippen LogP contribution in [0.3, 0.4) is 0 Å². The molecule has 0 heterocycles. The van der Waals surface area contributed by atoms with Crippen LogP contribution in [0.1, 0.15) is 12.8 Å². The van der Waals surface area contributed by atoms with Crippen LogP contribution in [0, 0.1) is 11.7 Å². The second-order valence-electron chi connectivity index (χ2n) is 4.02. The smallest absolute Gasteiger partial charge is 0.148 e. The molecule has 1 aromatic rings. The van der Waals surface area contributed by atoms with Gasteiger partial charge in [-0.05, 0) is 37.0 Å². The maximum Gasteiger partial charge on any atom is 0.148 e. The largest absolute Gasteiger partial charge is 0.399 e. The van der Waals surface area contributed by atoms with E-state index in [9.17, 15) is 9.50 Å². The van der Waals surface area contributed by atoms with Crippen LogP contribution in [-0.2, 0) is 0 Å². The molecule has 1 unspecified atom stereocenters. The molecule has 1 saturated carbocycles. The molecule has 0 amide bonds. The molecule has 1 fully saturated rings.